The van der Waals surface area contributed by atoms with Crippen molar-refractivity contribution in [3.63, 3.8) is 0 Å². The first kappa shape index (κ1) is 16.7. The summed E-state index contributed by atoms with van der Waals surface area (Å²) in [5.74, 6) is 0.00323. The topological polar surface area (TPSA) is 58.6 Å². The van der Waals surface area contributed by atoms with Gasteiger partial charge < -0.3 is 15.2 Å². The first-order chi connectivity index (χ1) is 11.1. The average Bonchev–Trinajstić information content (AvgIpc) is 2.56. The average molecular weight is 315 g/mol. The number of ether oxygens (including phenoxy) is 1. The van der Waals surface area contributed by atoms with Gasteiger partial charge in [-0.2, -0.15) is 0 Å². The molecule has 2 aromatic rings. The third kappa shape index (κ3) is 4.66. The summed E-state index contributed by atoms with van der Waals surface area (Å²) in [7, 11) is 1.51. The highest BCUT2D eigenvalue weighted by molar-refractivity contribution is 5.92. The van der Waals surface area contributed by atoms with E-state index in [9.17, 15) is 14.3 Å². The van der Waals surface area contributed by atoms with E-state index < -0.39 is 0 Å². The van der Waals surface area contributed by atoms with E-state index in [2.05, 4.69) is 5.32 Å². The normalized spacial score (nSPS) is 10.7. The Bertz CT molecular complexity index is 713. The number of carbonyl (C=O) groups excluding carboxylic acids is 1. The van der Waals surface area contributed by atoms with Gasteiger partial charge in [0, 0.05) is 23.2 Å². The Labute approximate surface area is 134 Å². The smallest absolute Gasteiger partial charge is 0.228 e. The van der Waals surface area contributed by atoms with Gasteiger partial charge in [0.2, 0.25) is 5.91 Å². The van der Waals surface area contributed by atoms with Crippen LogP contribution in [0, 0.1) is 5.82 Å². The fourth-order valence-electron chi connectivity index (χ4n) is 2.10. The zero-order valence-electron chi connectivity index (χ0n) is 12.8. The molecule has 0 aliphatic carbocycles. The number of aliphatic hydroxyl groups is 1. The monoisotopic (exact) mass is 315 g/mol. The Morgan fingerprint density at radius 3 is 2.78 bits per heavy atom. The number of hydrogen-bond acceptors (Lipinski definition) is 3. The van der Waals surface area contributed by atoms with Crippen molar-refractivity contribution in [3.05, 3.63) is 65.5 Å². The lowest BCUT2D eigenvalue weighted by Gasteiger charge is -2.09. The van der Waals surface area contributed by atoms with Gasteiger partial charge in [-0.15, -0.1) is 0 Å². The van der Waals surface area contributed by atoms with Crippen LogP contribution in [0.4, 0.5) is 10.1 Å². The number of carbonyl (C=O) groups is 1. The quantitative estimate of drug-likeness (QED) is 0.859. The Morgan fingerprint density at radius 1 is 1.30 bits per heavy atom. The number of amides is 1. The molecule has 0 bridgehead atoms. The van der Waals surface area contributed by atoms with Crippen molar-refractivity contribution in [2.45, 2.75) is 13.0 Å². The van der Waals surface area contributed by atoms with Gasteiger partial charge in [-0.1, -0.05) is 30.4 Å². The zero-order valence-corrected chi connectivity index (χ0v) is 12.8. The molecular weight excluding hydrogens is 297 g/mol. The summed E-state index contributed by atoms with van der Waals surface area (Å²) in [5, 5.41) is 12.0. The van der Waals surface area contributed by atoms with Gasteiger partial charge >= 0.3 is 0 Å². The first-order valence-electron chi connectivity index (χ1n) is 7.12. The van der Waals surface area contributed by atoms with Crippen molar-refractivity contribution >= 4 is 17.7 Å². The molecule has 1 amide bonds. The molecule has 0 aliphatic heterocycles. The van der Waals surface area contributed by atoms with Crippen molar-refractivity contribution in [1.82, 2.24) is 0 Å². The summed E-state index contributed by atoms with van der Waals surface area (Å²) < 4.78 is 18.5. The molecule has 2 rings (SSSR count). The Morgan fingerprint density at radius 2 is 2.09 bits per heavy atom. The molecule has 0 aromatic heterocycles. The number of anilines is 1. The minimum absolute atomic E-state index is 0.120. The Hall–Kier alpha value is -2.66. The van der Waals surface area contributed by atoms with Crippen LogP contribution in [0.5, 0.6) is 5.75 Å². The summed E-state index contributed by atoms with van der Waals surface area (Å²) >= 11 is 0. The van der Waals surface area contributed by atoms with Crippen LogP contribution in [-0.2, 0) is 11.4 Å². The van der Waals surface area contributed by atoms with Gasteiger partial charge in [0.15, 0.2) is 0 Å². The lowest BCUT2D eigenvalue weighted by atomic mass is 10.1. The highest BCUT2D eigenvalue weighted by Crippen LogP contribution is 2.22. The van der Waals surface area contributed by atoms with Crippen molar-refractivity contribution in [2.75, 3.05) is 12.4 Å². The molecule has 0 unspecified atom stereocenters. The molecule has 0 spiro atoms. The third-order valence-corrected chi connectivity index (χ3v) is 3.24. The molecule has 0 heterocycles. The molecule has 0 atom stereocenters. The minimum atomic E-state index is -0.327. The molecule has 0 saturated heterocycles. The maximum atomic E-state index is 13.4. The fraction of sp³-hybridized carbons (Fsp3) is 0.167. The van der Waals surface area contributed by atoms with E-state index in [1.807, 2.05) is 0 Å². The molecule has 23 heavy (non-hydrogen) atoms. The van der Waals surface area contributed by atoms with Crippen LogP contribution in [0.1, 0.15) is 17.5 Å². The van der Waals surface area contributed by atoms with E-state index >= 15 is 0 Å². The molecule has 0 radical (unpaired) electrons. The van der Waals surface area contributed by atoms with Crippen molar-refractivity contribution in [3.8, 4) is 5.75 Å². The van der Waals surface area contributed by atoms with Gasteiger partial charge in [-0.3, -0.25) is 4.79 Å². The maximum Gasteiger partial charge on any atom is 0.228 e. The van der Waals surface area contributed by atoms with Crippen LogP contribution in [0.3, 0.4) is 0 Å². The van der Waals surface area contributed by atoms with Gasteiger partial charge in [-0.05, 0) is 24.3 Å². The number of methoxy groups -OCH3 is 1. The van der Waals surface area contributed by atoms with Crippen LogP contribution in [0.15, 0.2) is 48.5 Å². The van der Waals surface area contributed by atoms with Crippen LogP contribution < -0.4 is 10.1 Å². The summed E-state index contributed by atoms with van der Waals surface area (Å²) in [5.41, 5.74) is 1.60. The van der Waals surface area contributed by atoms with Gasteiger partial charge in [-0.25, -0.2) is 4.39 Å². The third-order valence-electron chi connectivity index (χ3n) is 3.24. The van der Waals surface area contributed by atoms with E-state index in [4.69, 9.17) is 4.74 Å². The molecule has 5 heteroatoms. The standard InChI is InChI=1S/C18H18FNO3/c1-23-17-10-9-15(11-14(17)12-21)20-18(22)8-4-6-13-5-2-3-7-16(13)19/h2-7,9-11,21H,8,12H2,1H3,(H,20,22)/b6-4+. The second-order valence-electron chi connectivity index (χ2n) is 4.86. The van der Waals surface area contributed by atoms with Crippen LogP contribution in [0.2, 0.25) is 0 Å². The second kappa shape index (κ2) is 8.10. The van der Waals surface area contributed by atoms with Crippen molar-refractivity contribution < 1.29 is 19.0 Å². The lowest BCUT2D eigenvalue weighted by Crippen LogP contribution is -2.10. The van der Waals surface area contributed by atoms with Crippen LogP contribution >= 0.6 is 0 Å². The first-order valence-corrected chi connectivity index (χ1v) is 7.12. The maximum absolute atomic E-state index is 13.4. The van der Waals surface area contributed by atoms with E-state index in [1.54, 1.807) is 48.6 Å². The Balaban J connectivity index is 1.96. The number of halogens is 1. The molecular formula is C18H18FNO3. The number of nitrogens with one attached hydrogen (secondary N) is 1. The molecule has 0 fully saturated rings. The zero-order chi connectivity index (χ0) is 16.7. The minimum Gasteiger partial charge on any atom is -0.496 e. The molecule has 2 aromatic carbocycles. The van der Waals surface area contributed by atoms with E-state index in [0.29, 0.717) is 22.6 Å². The summed E-state index contributed by atoms with van der Waals surface area (Å²) in [6.07, 6.45) is 3.29. The van der Waals surface area contributed by atoms with Gasteiger partial charge in [0.25, 0.3) is 0 Å². The molecule has 120 valence electrons. The number of hydrogen-bond donors (Lipinski definition) is 2. The van der Waals surface area contributed by atoms with Crippen LogP contribution in [0.25, 0.3) is 6.08 Å². The highest BCUT2D eigenvalue weighted by atomic mass is 19.1. The summed E-state index contributed by atoms with van der Waals surface area (Å²) in [4.78, 5) is 11.9. The predicted molar refractivity (Wildman–Crippen MR) is 87.6 cm³/mol. The summed E-state index contributed by atoms with van der Waals surface area (Å²) in [6, 6.07) is 11.4. The van der Waals surface area contributed by atoms with Gasteiger partial charge in [0.1, 0.15) is 11.6 Å². The Kier molecular flexibility index (Phi) is 5.88. The van der Waals surface area contributed by atoms with Crippen molar-refractivity contribution in [2.24, 2.45) is 0 Å². The number of aliphatic hydroxyl groups excluding tert-OH is 1. The number of benzene rings is 2. The fourth-order valence-corrected chi connectivity index (χ4v) is 2.10. The van der Waals surface area contributed by atoms with Crippen molar-refractivity contribution in [1.29, 1.82) is 0 Å². The lowest BCUT2D eigenvalue weighted by molar-refractivity contribution is -0.115. The number of rotatable bonds is 6. The van der Waals surface area contributed by atoms with E-state index in [0.717, 1.165) is 0 Å². The molecule has 0 aliphatic rings. The van der Waals surface area contributed by atoms with Crippen LogP contribution in [-0.4, -0.2) is 18.1 Å². The summed E-state index contributed by atoms with van der Waals surface area (Å²) in [6.45, 7) is -0.180. The SMILES string of the molecule is COc1ccc(NC(=O)C/C=C/c2ccccc2F)cc1CO. The van der Waals surface area contributed by atoms with Gasteiger partial charge in [0.05, 0.1) is 13.7 Å². The molecule has 2 N–H and O–H groups in total. The predicted octanol–water partition coefficient (Wildman–Crippen LogP) is 3.37. The second-order valence-corrected chi connectivity index (χ2v) is 4.86. The molecule has 0 saturated carbocycles. The van der Waals surface area contributed by atoms with E-state index in [-0.39, 0.29) is 24.8 Å². The van der Waals surface area contributed by atoms with E-state index in [1.165, 1.54) is 13.2 Å². The highest BCUT2D eigenvalue weighted by Gasteiger charge is 2.06. The molecule has 4 nitrogen and oxygen atoms in total. The largest absolute Gasteiger partial charge is 0.496 e.